The van der Waals surface area contributed by atoms with Crippen molar-refractivity contribution in [3.05, 3.63) is 29.1 Å². The molecule has 0 bridgehead atoms. The van der Waals surface area contributed by atoms with E-state index in [9.17, 15) is 9.59 Å². The van der Waals surface area contributed by atoms with Crippen molar-refractivity contribution in [3.63, 3.8) is 0 Å². The normalized spacial score (nSPS) is 12.3. The fraction of sp³-hybridized carbons (Fsp3) is 0.375. The lowest BCUT2D eigenvalue weighted by atomic mass is 10.2. The highest BCUT2D eigenvalue weighted by Gasteiger charge is 2.14. The molecule has 0 aliphatic rings. The van der Waals surface area contributed by atoms with E-state index in [4.69, 9.17) is 9.84 Å². The van der Waals surface area contributed by atoms with Gasteiger partial charge in [0.05, 0.1) is 0 Å². The molecule has 0 radical (unpaired) electrons. The molecule has 0 saturated carbocycles. The lowest BCUT2D eigenvalue weighted by molar-refractivity contribution is -0.126. The highest BCUT2D eigenvalue weighted by molar-refractivity contribution is 7.20. The number of benzene rings is 1. The molecule has 1 heterocycles. The van der Waals surface area contributed by atoms with Crippen LogP contribution >= 0.6 is 11.3 Å². The number of anilines is 1. The number of carbonyl (C=O) groups excluding carboxylic acids is 1. The fourth-order valence-electron chi connectivity index (χ4n) is 1.95. The molecule has 2 aromatic rings. The average molecular weight is 321 g/mol. The second-order valence-electron chi connectivity index (χ2n) is 5.02. The van der Waals surface area contributed by atoms with Crippen molar-refractivity contribution in [1.29, 1.82) is 0 Å². The highest BCUT2D eigenvalue weighted by atomic mass is 32.1. The van der Waals surface area contributed by atoms with Gasteiger partial charge >= 0.3 is 5.97 Å². The van der Waals surface area contributed by atoms with E-state index in [1.807, 2.05) is 6.07 Å². The molecule has 2 N–H and O–H groups in total. The van der Waals surface area contributed by atoms with Gasteiger partial charge in [0.25, 0.3) is 5.91 Å². The number of ether oxygens (including phenoxy) is 1. The SMILES string of the molecule is CCCCOC(C)C(=O)Nc1ccc2sc(C(=O)O)cc2c1. The number of fused-ring (bicyclic) bond motifs is 1. The molecule has 0 saturated heterocycles. The summed E-state index contributed by atoms with van der Waals surface area (Å²) in [5.41, 5.74) is 0.637. The third kappa shape index (κ3) is 4.05. The standard InChI is InChI=1S/C16H19NO4S/c1-3-4-7-21-10(2)15(18)17-12-5-6-13-11(8-12)9-14(22-13)16(19)20/h5-6,8-10H,3-4,7H2,1-2H3,(H,17,18)(H,19,20). The monoisotopic (exact) mass is 321 g/mol. The van der Waals surface area contributed by atoms with Crippen LogP contribution in [0.3, 0.4) is 0 Å². The Balaban J connectivity index is 2.04. The topological polar surface area (TPSA) is 75.6 Å². The molecular formula is C16H19NO4S. The number of unbranched alkanes of at least 4 members (excludes halogenated alkanes) is 1. The summed E-state index contributed by atoms with van der Waals surface area (Å²) < 4.78 is 6.33. The van der Waals surface area contributed by atoms with Gasteiger partial charge in [-0.1, -0.05) is 13.3 Å². The minimum absolute atomic E-state index is 0.204. The van der Waals surface area contributed by atoms with Crippen molar-refractivity contribution in [2.45, 2.75) is 32.8 Å². The predicted molar refractivity (Wildman–Crippen MR) is 87.7 cm³/mol. The number of nitrogens with one attached hydrogen (secondary N) is 1. The summed E-state index contributed by atoms with van der Waals surface area (Å²) in [5, 5.41) is 12.6. The van der Waals surface area contributed by atoms with Gasteiger partial charge in [-0.3, -0.25) is 4.79 Å². The lowest BCUT2D eigenvalue weighted by Gasteiger charge is -2.13. The van der Waals surface area contributed by atoms with Gasteiger partial charge in [0.15, 0.2) is 0 Å². The Morgan fingerprint density at radius 2 is 2.14 bits per heavy atom. The number of aromatic carboxylic acids is 1. The second kappa shape index (κ2) is 7.38. The Labute approximate surface area is 132 Å². The van der Waals surface area contributed by atoms with Crippen molar-refractivity contribution < 1.29 is 19.4 Å². The average Bonchev–Trinajstić information content (AvgIpc) is 2.90. The van der Waals surface area contributed by atoms with E-state index in [0.29, 0.717) is 12.3 Å². The van der Waals surface area contributed by atoms with Crippen LogP contribution in [0.5, 0.6) is 0 Å². The molecular weight excluding hydrogens is 302 g/mol. The van der Waals surface area contributed by atoms with Crippen LogP contribution in [0.2, 0.25) is 0 Å². The zero-order chi connectivity index (χ0) is 16.1. The van der Waals surface area contributed by atoms with Crippen LogP contribution < -0.4 is 5.32 Å². The summed E-state index contributed by atoms with van der Waals surface area (Å²) in [6.07, 6.45) is 1.44. The van der Waals surface area contributed by atoms with Gasteiger partial charge in [0.1, 0.15) is 11.0 Å². The smallest absolute Gasteiger partial charge is 0.345 e. The maximum absolute atomic E-state index is 12.0. The zero-order valence-corrected chi connectivity index (χ0v) is 13.4. The Kier molecular flexibility index (Phi) is 5.51. The van der Waals surface area contributed by atoms with Crippen molar-refractivity contribution in [1.82, 2.24) is 0 Å². The number of thiophene rings is 1. The molecule has 0 spiro atoms. The maximum Gasteiger partial charge on any atom is 0.345 e. The number of carbonyl (C=O) groups is 2. The van der Waals surface area contributed by atoms with E-state index in [-0.39, 0.29) is 10.8 Å². The van der Waals surface area contributed by atoms with Gasteiger partial charge in [-0.05, 0) is 43.0 Å². The molecule has 0 aliphatic carbocycles. The maximum atomic E-state index is 12.0. The van der Waals surface area contributed by atoms with Gasteiger partial charge in [0, 0.05) is 17.0 Å². The van der Waals surface area contributed by atoms with Crippen molar-refractivity contribution >= 4 is 39.0 Å². The Hall–Kier alpha value is -1.92. The Bertz CT molecular complexity index is 680. The number of hydrogen-bond acceptors (Lipinski definition) is 4. The third-order valence-electron chi connectivity index (χ3n) is 3.23. The van der Waals surface area contributed by atoms with Crippen LogP contribution in [0, 0.1) is 0 Å². The van der Waals surface area contributed by atoms with Gasteiger partial charge in [-0.25, -0.2) is 4.79 Å². The molecule has 1 aromatic heterocycles. The first-order valence-corrected chi connectivity index (χ1v) is 8.02. The van der Waals surface area contributed by atoms with E-state index in [2.05, 4.69) is 12.2 Å². The van der Waals surface area contributed by atoms with Gasteiger partial charge in [-0.15, -0.1) is 11.3 Å². The van der Waals surface area contributed by atoms with E-state index in [1.54, 1.807) is 25.1 Å². The number of carboxylic acids is 1. The third-order valence-corrected chi connectivity index (χ3v) is 4.33. The minimum atomic E-state index is -0.940. The Morgan fingerprint density at radius 1 is 1.36 bits per heavy atom. The van der Waals surface area contributed by atoms with Gasteiger partial charge < -0.3 is 15.2 Å². The summed E-state index contributed by atoms with van der Waals surface area (Å²) in [4.78, 5) is 23.3. The van der Waals surface area contributed by atoms with Crippen LogP contribution in [0.25, 0.3) is 10.1 Å². The summed E-state index contributed by atoms with van der Waals surface area (Å²) >= 11 is 1.22. The first-order valence-electron chi connectivity index (χ1n) is 7.20. The summed E-state index contributed by atoms with van der Waals surface area (Å²) in [5.74, 6) is -1.14. The van der Waals surface area contributed by atoms with E-state index in [0.717, 1.165) is 22.9 Å². The van der Waals surface area contributed by atoms with Crippen LogP contribution in [-0.2, 0) is 9.53 Å². The lowest BCUT2D eigenvalue weighted by Crippen LogP contribution is -2.28. The molecule has 0 fully saturated rings. The highest BCUT2D eigenvalue weighted by Crippen LogP contribution is 2.28. The van der Waals surface area contributed by atoms with Crippen molar-refractivity contribution in [3.8, 4) is 0 Å². The quantitative estimate of drug-likeness (QED) is 0.762. The number of amides is 1. The van der Waals surface area contributed by atoms with Crippen LogP contribution in [0.4, 0.5) is 5.69 Å². The molecule has 1 aromatic carbocycles. The fourth-order valence-corrected chi connectivity index (χ4v) is 2.83. The molecule has 118 valence electrons. The zero-order valence-electron chi connectivity index (χ0n) is 12.6. The summed E-state index contributed by atoms with van der Waals surface area (Å²) in [6, 6.07) is 6.96. The van der Waals surface area contributed by atoms with Gasteiger partial charge in [-0.2, -0.15) is 0 Å². The molecule has 22 heavy (non-hydrogen) atoms. The Morgan fingerprint density at radius 3 is 2.82 bits per heavy atom. The van der Waals surface area contributed by atoms with Crippen molar-refractivity contribution in [2.75, 3.05) is 11.9 Å². The minimum Gasteiger partial charge on any atom is -0.477 e. The predicted octanol–water partition coefficient (Wildman–Crippen LogP) is 3.74. The first-order chi connectivity index (χ1) is 10.5. The molecule has 6 heteroatoms. The van der Waals surface area contributed by atoms with Crippen LogP contribution in [0.15, 0.2) is 24.3 Å². The molecule has 0 aliphatic heterocycles. The van der Waals surface area contributed by atoms with Crippen LogP contribution in [0.1, 0.15) is 36.4 Å². The molecule has 2 rings (SSSR count). The number of hydrogen-bond donors (Lipinski definition) is 2. The van der Waals surface area contributed by atoms with Gasteiger partial charge in [0.2, 0.25) is 0 Å². The van der Waals surface area contributed by atoms with Crippen LogP contribution in [-0.4, -0.2) is 29.7 Å². The largest absolute Gasteiger partial charge is 0.477 e. The molecule has 5 nitrogen and oxygen atoms in total. The van der Waals surface area contributed by atoms with Crippen molar-refractivity contribution in [2.24, 2.45) is 0 Å². The molecule has 1 unspecified atom stereocenters. The van der Waals surface area contributed by atoms with E-state index in [1.165, 1.54) is 11.3 Å². The number of carboxylic acid groups (broad SMARTS) is 1. The molecule has 1 atom stereocenters. The second-order valence-corrected chi connectivity index (χ2v) is 6.11. The first kappa shape index (κ1) is 16.5. The molecule has 1 amide bonds. The summed E-state index contributed by atoms with van der Waals surface area (Å²) in [7, 11) is 0. The summed E-state index contributed by atoms with van der Waals surface area (Å²) in [6.45, 7) is 4.35. The number of rotatable bonds is 7. The van der Waals surface area contributed by atoms with E-state index >= 15 is 0 Å². The van der Waals surface area contributed by atoms with E-state index < -0.39 is 12.1 Å².